The Morgan fingerprint density at radius 3 is 1.10 bits per heavy atom. The molecule has 0 aliphatic carbocycles. The lowest BCUT2D eigenvalue weighted by Gasteiger charge is -2.13. The second-order valence-electron chi connectivity index (χ2n) is 7.49. The monoisotopic (exact) mass is 481 g/mol. The van der Waals surface area contributed by atoms with Gasteiger partial charge in [0.2, 0.25) is 0 Å². The fraction of sp³-hybridized carbons (Fsp3) is 0. The first-order valence-corrected chi connectivity index (χ1v) is 12.2. The van der Waals surface area contributed by atoms with Crippen molar-refractivity contribution < 1.29 is 0 Å². The third-order valence-electron chi connectivity index (χ3n) is 5.43. The number of fused-ring (bicyclic) bond motifs is 3. The Balaban J connectivity index is 1.59. The van der Waals surface area contributed by atoms with Gasteiger partial charge in [0, 0.05) is 55.7 Å². The van der Waals surface area contributed by atoms with E-state index in [9.17, 15) is 0 Å². The molecular formula is C24H15Cl3N3P. The molecular weight excluding hydrogens is 468 g/mol. The highest BCUT2D eigenvalue weighted by molar-refractivity contribution is 7.79. The molecule has 3 N–H and O–H groups in total. The van der Waals surface area contributed by atoms with Gasteiger partial charge in [-0.3, -0.25) is 0 Å². The summed E-state index contributed by atoms with van der Waals surface area (Å²) in [5.74, 6) is 0. The first kappa shape index (κ1) is 19.3. The van der Waals surface area contributed by atoms with E-state index in [0.717, 1.165) is 49.0 Å². The third-order valence-corrected chi connectivity index (χ3v) is 8.31. The van der Waals surface area contributed by atoms with Gasteiger partial charge < -0.3 is 15.0 Å². The Bertz CT molecular complexity index is 1400. The summed E-state index contributed by atoms with van der Waals surface area (Å²) in [6.07, 6.45) is 0. The number of aromatic amines is 3. The van der Waals surface area contributed by atoms with E-state index in [1.165, 1.54) is 0 Å². The van der Waals surface area contributed by atoms with Crippen LogP contribution < -0.4 is 16.3 Å². The molecule has 0 amide bonds. The molecule has 152 valence electrons. The van der Waals surface area contributed by atoms with Crippen molar-refractivity contribution >= 4 is 91.7 Å². The summed E-state index contributed by atoms with van der Waals surface area (Å²) >= 11 is 18.7. The number of benzene rings is 3. The Kier molecular flexibility index (Phi) is 4.55. The van der Waals surface area contributed by atoms with Crippen molar-refractivity contribution in [3.05, 3.63) is 87.9 Å². The second-order valence-corrected chi connectivity index (χ2v) is 10.9. The highest BCUT2D eigenvalue weighted by atomic mass is 35.5. The van der Waals surface area contributed by atoms with Gasteiger partial charge in [0.05, 0.1) is 16.3 Å². The number of hydrogen-bond donors (Lipinski definition) is 3. The summed E-state index contributed by atoms with van der Waals surface area (Å²) in [4.78, 5) is 10.8. The van der Waals surface area contributed by atoms with Crippen LogP contribution in [-0.2, 0) is 0 Å². The van der Waals surface area contributed by atoms with Gasteiger partial charge in [-0.1, -0.05) is 53.0 Å². The molecule has 0 saturated heterocycles. The Morgan fingerprint density at radius 2 is 0.774 bits per heavy atom. The SMILES string of the molecule is Clc1ccc2cc(P(c3cc4ccc(Cl)cc4[nH]3)c3cc4ccc(Cl)cc4[nH]3)[nH]c2c1. The first-order valence-electron chi connectivity index (χ1n) is 9.68. The predicted molar refractivity (Wildman–Crippen MR) is 136 cm³/mol. The standard InChI is InChI=1S/C24H15Cl3N3P/c25-16-4-1-13-7-22(28-19(13)10-16)31(23-8-14-2-5-17(26)11-20(14)29-23)24-9-15-3-6-18(27)12-21(15)30-24/h1-12,28-30H. The lowest BCUT2D eigenvalue weighted by atomic mass is 10.2. The summed E-state index contributed by atoms with van der Waals surface area (Å²) in [6.45, 7) is 0. The molecule has 6 aromatic rings. The van der Waals surface area contributed by atoms with Crippen LogP contribution in [0.2, 0.25) is 15.1 Å². The molecule has 3 heterocycles. The number of rotatable bonds is 3. The van der Waals surface area contributed by atoms with E-state index >= 15 is 0 Å². The molecule has 0 spiro atoms. The van der Waals surface area contributed by atoms with Crippen LogP contribution in [0.1, 0.15) is 0 Å². The quantitative estimate of drug-likeness (QED) is 0.231. The zero-order valence-corrected chi connectivity index (χ0v) is 19.2. The summed E-state index contributed by atoms with van der Waals surface area (Å²) in [7, 11) is -0.911. The molecule has 0 bridgehead atoms. The minimum atomic E-state index is -0.911. The Hall–Kier alpha value is -2.42. The zero-order valence-electron chi connectivity index (χ0n) is 16.0. The minimum Gasteiger partial charge on any atom is -0.354 e. The van der Waals surface area contributed by atoms with Crippen LogP contribution >= 0.6 is 42.7 Å². The van der Waals surface area contributed by atoms with E-state index in [1.54, 1.807) is 0 Å². The molecule has 31 heavy (non-hydrogen) atoms. The fourth-order valence-corrected chi connectivity index (χ4v) is 6.80. The largest absolute Gasteiger partial charge is 0.354 e. The van der Waals surface area contributed by atoms with Crippen molar-refractivity contribution in [2.24, 2.45) is 0 Å². The van der Waals surface area contributed by atoms with Gasteiger partial charge >= 0.3 is 0 Å². The molecule has 3 aromatic heterocycles. The zero-order chi connectivity index (χ0) is 21.1. The highest BCUT2D eigenvalue weighted by Gasteiger charge is 2.23. The summed E-state index contributed by atoms with van der Waals surface area (Å²) in [5.41, 5.74) is 6.45. The summed E-state index contributed by atoms with van der Waals surface area (Å²) in [5, 5.41) is 5.53. The number of nitrogens with one attached hydrogen (secondary N) is 3. The van der Waals surface area contributed by atoms with Crippen LogP contribution in [-0.4, -0.2) is 15.0 Å². The van der Waals surface area contributed by atoms with E-state index in [1.807, 2.05) is 54.6 Å². The van der Waals surface area contributed by atoms with Gasteiger partial charge in [0.15, 0.2) is 0 Å². The molecule has 0 fully saturated rings. The second kappa shape index (κ2) is 7.32. The van der Waals surface area contributed by atoms with Crippen LogP contribution in [0.5, 0.6) is 0 Å². The summed E-state index contributed by atoms with van der Waals surface area (Å²) < 4.78 is 0. The van der Waals surface area contributed by atoms with E-state index in [0.29, 0.717) is 15.1 Å². The average Bonchev–Trinajstić information content (AvgIpc) is 3.43. The van der Waals surface area contributed by atoms with Crippen molar-refractivity contribution in [3.8, 4) is 0 Å². The highest BCUT2D eigenvalue weighted by Crippen LogP contribution is 2.36. The van der Waals surface area contributed by atoms with Gasteiger partial charge in [0.25, 0.3) is 0 Å². The Morgan fingerprint density at radius 1 is 0.452 bits per heavy atom. The van der Waals surface area contributed by atoms with Gasteiger partial charge in [0.1, 0.15) is 0 Å². The van der Waals surface area contributed by atoms with Crippen molar-refractivity contribution in [1.82, 2.24) is 15.0 Å². The van der Waals surface area contributed by atoms with E-state index in [2.05, 4.69) is 33.2 Å². The lowest BCUT2D eigenvalue weighted by Crippen LogP contribution is -2.22. The smallest absolute Gasteiger partial charge is 0.0517 e. The van der Waals surface area contributed by atoms with Crippen LogP contribution in [0.3, 0.4) is 0 Å². The van der Waals surface area contributed by atoms with Crippen molar-refractivity contribution in [2.75, 3.05) is 0 Å². The van der Waals surface area contributed by atoms with Crippen LogP contribution in [0.25, 0.3) is 32.7 Å². The molecule has 0 unspecified atom stereocenters. The van der Waals surface area contributed by atoms with Crippen molar-refractivity contribution in [1.29, 1.82) is 0 Å². The molecule has 6 rings (SSSR count). The number of H-pyrrole nitrogens is 3. The summed E-state index contributed by atoms with van der Waals surface area (Å²) in [6, 6.07) is 24.4. The van der Waals surface area contributed by atoms with Crippen LogP contribution in [0.4, 0.5) is 0 Å². The predicted octanol–water partition coefficient (Wildman–Crippen LogP) is 6.85. The van der Waals surface area contributed by atoms with E-state index < -0.39 is 7.92 Å². The molecule has 0 atom stereocenters. The fourth-order valence-electron chi connectivity index (χ4n) is 4.00. The molecule has 0 radical (unpaired) electrons. The van der Waals surface area contributed by atoms with Crippen molar-refractivity contribution in [3.63, 3.8) is 0 Å². The number of hydrogen-bond acceptors (Lipinski definition) is 0. The van der Waals surface area contributed by atoms with E-state index in [4.69, 9.17) is 34.8 Å². The average molecular weight is 483 g/mol. The maximum absolute atomic E-state index is 6.23. The number of aromatic nitrogens is 3. The topological polar surface area (TPSA) is 47.4 Å². The first-order chi connectivity index (χ1) is 15.0. The molecule has 7 heteroatoms. The maximum Gasteiger partial charge on any atom is 0.0517 e. The third kappa shape index (κ3) is 3.43. The lowest BCUT2D eigenvalue weighted by molar-refractivity contribution is 1.50. The molecule has 3 aromatic carbocycles. The van der Waals surface area contributed by atoms with Crippen LogP contribution in [0, 0.1) is 0 Å². The maximum atomic E-state index is 6.23. The minimum absolute atomic E-state index is 0.714. The number of halogens is 3. The van der Waals surface area contributed by atoms with Crippen molar-refractivity contribution in [2.45, 2.75) is 0 Å². The molecule has 3 nitrogen and oxygen atoms in total. The molecule has 0 aliphatic heterocycles. The molecule has 0 saturated carbocycles. The van der Waals surface area contributed by atoms with Gasteiger partial charge in [-0.05, 0) is 54.6 Å². The van der Waals surface area contributed by atoms with Gasteiger partial charge in [-0.25, -0.2) is 0 Å². The normalized spacial score (nSPS) is 12.0. The Labute approximate surface area is 194 Å². The van der Waals surface area contributed by atoms with E-state index in [-0.39, 0.29) is 0 Å². The van der Waals surface area contributed by atoms with Gasteiger partial charge in [-0.15, -0.1) is 0 Å². The van der Waals surface area contributed by atoms with Crippen LogP contribution in [0.15, 0.2) is 72.8 Å². The molecule has 0 aliphatic rings. The van der Waals surface area contributed by atoms with Gasteiger partial charge in [-0.2, -0.15) is 0 Å².